The summed E-state index contributed by atoms with van der Waals surface area (Å²) in [6.45, 7) is 1.86. The lowest BCUT2D eigenvalue weighted by Gasteiger charge is -2.14. The summed E-state index contributed by atoms with van der Waals surface area (Å²) in [7, 11) is 0. The lowest BCUT2D eigenvalue weighted by atomic mass is 10.1. The second kappa shape index (κ2) is 6.91. The van der Waals surface area contributed by atoms with E-state index in [1.165, 1.54) is 6.07 Å². The summed E-state index contributed by atoms with van der Waals surface area (Å²) < 4.78 is 43.3. The van der Waals surface area contributed by atoms with Crippen LogP contribution < -0.4 is 5.32 Å². The molecule has 122 valence electrons. The van der Waals surface area contributed by atoms with Crippen LogP contribution in [0.25, 0.3) is 0 Å². The van der Waals surface area contributed by atoms with Crippen molar-refractivity contribution in [2.24, 2.45) is 0 Å². The Bertz CT molecular complexity index is 717. The molecule has 2 rings (SSSR count). The number of rotatable bonds is 4. The molecule has 0 radical (unpaired) electrons. The number of para-hydroxylation sites is 1. The third kappa shape index (κ3) is 4.16. The molecule has 1 N–H and O–H groups in total. The summed E-state index contributed by atoms with van der Waals surface area (Å²) in [6.07, 6.45) is -4.48. The summed E-state index contributed by atoms with van der Waals surface area (Å²) >= 11 is 5.94. The van der Waals surface area contributed by atoms with E-state index in [1.807, 2.05) is 0 Å². The molecular formula is C16H13ClF3NO2. The molecule has 3 nitrogen and oxygen atoms in total. The predicted octanol–water partition coefficient (Wildman–Crippen LogP) is 5.28. The maximum atomic E-state index is 12.8. The molecule has 0 spiro atoms. The second-order valence-corrected chi connectivity index (χ2v) is 4.99. The average molecular weight is 344 g/mol. The topological polar surface area (TPSA) is 38.3 Å². The van der Waals surface area contributed by atoms with Crippen LogP contribution in [0.3, 0.4) is 0 Å². The smallest absolute Gasteiger partial charge is 0.416 e. The minimum atomic E-state index is -4.48. The molecule has 0 fully saturated rings. The van der Waals surface area contributed by atoms with Crippen molar-refractivity contribution >= 4 is 28.9 Å². The van der Waals surface area contributed by atoms with Gasteiger partial charge in [0.2, 0.25) is 0 Å². The van der Waals surface area contributed by atoms with E-state index < -0.39 is 17.7 Å². The largest absolute Gasteiger partial charge is 0.462 e. The standard InChI is InChI=1S/C16H13ClF3NO2/c1-2-23-15(22)11-5-3-4-6-13(11)21-14-9-10(16(18,19)20)7-8-12(14)17/h3-9,21H,2H2,1H3. The Morgan fingerprint density at radius 3 is 2.52 bits per heavy atom. The van der Waals surface area contributed by atoms with Crippen molar-refractivity contribution in [3.63, 3.8) is 0 Å². The van der Waals surface area contributed by atoms with E-state index in [2.05, 4.69) is 5.32 Å². The fraction of sp³-hybridized carbons (Fsp3) is 0.188. The van der Waals surface area contributed by atoms with Gasteiger partial charge in [-0.05, 0) is 37.3 Å². The lowest BCUT2D eigenvalue weighted by Crippen LogP contribution is -2.09. The number of ether oxygens (including phenoxy) is 1. The Labute approximate surface area is 136 Å². The summed E-state index contributed by atoms with van der Waals surface area (Å²) in [5.74, 6) is -0.571. The number of hydrogen-bond donors (Lipinski definition) is 1. The first-order valence-electron chi connectivity index (χ1n) is 6.73. The van der Waals surface area contributed by atoms with Crippen molar-refractivity contribution in [1.82, 2.24) is 0 Å². The normalized spacial score (nSPS) is 11.2. The third-order valence-corrected chi connectivity index (χ3v) is 3.32. The van der Waals surface area contributed by atoms with Crippen LogP contribution in [0.1, 0.15) is 22.8 Å². The van der Waals surface area contributed by atoms with E-state index in [9.17, 15) is 18.0 Å². The molecular weight excluding hydrogens is 331 g/mol. The minimum absolute atomic E-state index is 0.0539. The third-order valence-electron chi connectivity index (χ3n) is 2.99. The van der Waals surface area contributed by atoms with Gasteiger partial charge in [-0.25, -0.2) is 4.79 Å². The van der Waals surface area contributed by atoms with Gasteiger partial charge in [0.05, 0.1) is 34.1 Å². The Kier molecular flexibility index (Phi) is 5.15. The highest BCUT2D eigenvalue weighted by atomic mass is 35.5. The van der Waals surface area contributed by atoms with E-state index in [0.29, 0.717) is 5.69 Å². The van der Waals surface area contributed by atoms with Gasteiger partial charge in [0.25, 0.3) is 0 Å². The number of anilines is 2. The van der Waals surface area contributed by atoms with Crippen LogP contribution in [0.5, 0.6) is 0 Å². The van der Waals surface area contributed by atoms with Gasteiger partial charge in [0.15, 0.2) is 0 Å². The molecule has 0 unspecified atom stereocenters. The van der Waals surface area contributed by atoms with E-state index in [4.69, 9.17) is 16.3 Å². The van der Waals surface area contributed by atoms with Crippen LogP contribution in [0, 0.1) is 0 Å². The van der Waals surface area contributed by atoms with Crippen LogP contribution in [-0.4, -0.2) is 12.6 Å². The average Bonchev–Trinajstić information content (AvgIpc) is 2.49. The highest BCUT2D eigenvalue weighted by molar-refractivity contribution is 6.33. The van der Waals surface area contributed by atoms with Gasteiger partial charge in [0.1, 0.15) is 0 Å². The number of hydrogen-bond acceptors (Lipinski definition) is 3. The molecule has 0 heterocycles. The van der Waals surface area contributed by atoms with Crippen LogP contribution in [0.2, 0.25) is 5.02 Å². The molecule has 0 saturated carbocycles. The molecule has 0 atom stereocenters. The summed E-state index contributed by atoms with van der Waals surface area (Å²) in [5, 5.41) is 2.87. The minimum Gasteiger partial charge on any atom is -0.462 e. The van der Waals surface area contributed by atoms with E-state index in [0.717, 1.165) is 18.2 Å². The summed E-state index contributed by atoms with van der Waals surface area (Å²) in [5.41, 5.74) is -0.258. The van der Waals surface area contributed by atoms with Crippen LogP contribution in [-0.2, 0) is 10.9 Å². The van der Waals surface area contributed by atoms with Crippen LogP contribution >= 0.6 is 11.6 Å². The van der Waals surface area contributed by atoms with Crippen molar-refractivity contribution in [1.29, 1.82) is 0 Å². The monoisotopic (exact) mass is 343 g/mol. The highest BCUT2D eigenvalue weighted by Gasteiger charge is 2.31. The number of halogens is 4. The Hall–Kier alpha value is -2.21. The Balaban J connectivity index is 2.38. The van der Waals surface area contributed by atoms with Crippen LogP contribution in [0.4, 0.5) is 24.5 Å². The molecule has 0 saturated heterocycles. The van der Waals surface area contributed by atoms with Crippen LogP contribution in [0.15, 0.2) is 42.5 Å². The zero-order valence-electron chi connectivity index (χ0n) is 12.1. The first-order valence-corrected chi connectivity index (χ1v) is 7.10. The van der Waals surface area contributed by atoms with Crippen molar-refractivity contribution in [3.8, 4) is 0 Å². The summed E-state index contributed by atoms with van der Waals surface area (Å²) in [4.78, 5) is 11.9. The second-order valence-electron chi connectivity index (χ2n) is 4.58. The van der Waals surface area contributed by atoms with Gasteiger partial charge in [0, 0.05) is 0 Å². The van der Waals surface area contributed by atoms with Gasteiger partial charge >= 0.3 is 12.1 Å². The molecule has 23 heavy (non-hydrogen) atoms. The van der Waals surface area contributed by atoms with Gasteiger partial charge in [-0.3, -0.25) is 0 Å². The predicted molar refractivity (Wildman–Crippen MR) is 82.1 cm³/mol. The number of alkyl halides is 3. The number of benzene rings is 2. The maximum Gasteiger partial charge on any atom is 0.416 e. The SMILES string of the molecule is CCOC(=O)c1ccccc1Nc1cc(C(F)(F)F)ccc1Cl. The molecule has 7 heteroatoms. The molecule has 0 amide bonds. The van der Waals surface area contributed by atoms with Crippen molar-refractivity contribution < 1.29 is 22.7 Å². The fourth-order valence-corrected chi connectivity index (χ4v) is 2.09. The first-order chi connectivity index (χ1) is 10.8. The van der Waals surface area contributed by atoms with Crippen molar-refractivity contribution in [3.05, 3.63) is 58.6 Å². The molecule has 2 aromatic carbocycles. The van der Waals surface area contributed by atoms with Gasteiger partial charge in [-0.1, -0.05) is 23.7 Å². The molecule has 0 aliphatic carbocycles. The zero-order chi connectivity index (χ0) is 17.0. The molecule has 2 aromatic rings. The van der Waals surface area contributed by atoms with Gasteiger partial charge < -0.3 is 10.1 Å². The Morgan fingerprint density at radius 2 is 1.87 bits per heavy atom. The van der Waals surface area contributed by atoms with Crippen molar-refractivity contribution in [2.45, 2.75) is 13.1 Å². The Morgan fingerprint density at radius 1 is 1.17 bits per heavy atom. The number of carbonyl (C=O) groups is 1. The van der Waals surface area contributed by atoms with E-state index in [1.54, 1.807) is 25.1 Å². The molecule has 0 bridgehead atoms. The van der Waals surface area contributed by atoms with E-state index >= 15 is 0 Å². The lowest BCUT2D eigenvalue weighted by molar-refractivity contribution is -0.137. The van der Waals surface area contributed by atoms with Gasteiger partial charge in [-0.15, -0.1) is 0 Å². The molecule has 0 aliphatic heterocycles. The zero-order valence-corrected chi connectivity index (χ0v) is 12.8. The molecule has 0 aromatic heterocycles. The number of esters is 1. The fourth-order valence-electron chi connectivity index (χ4n) is 1.92. The number of carbonyl (C=O) groups excluding carboxylic acids is 1. The number of nitrogens with one attached hydrogen (secondary N) is 1. The van der Waals surface area contributed by atoms with Crippen molar-refractivity contribution in [2.75, 3.05) is 11.9 Å². The van der Waals surface area contributed by atoms with E-state index in [-0.39, 0.29) is 22.9 Å². The summed E-state index contributed by atoms with van der Waals surface area (Å²) in [6, 6.07) is 9.29. The molecule has 0 aliphatic rings. The highest BCUT2D eigenvalue weighted by Crippen LogP contribution is 2.35. The van der Waals surface area contributed by atoms with Gasteiger partial charge in [-0.2, -0.15) is 13.2 Å². The quantitative estimate of drug-likeness (QED) is 0.768. The first kappa shape index (κ1) is 17.1. The maximum absolute atomic E-state index is 12.8.